The van der Waals surface area contributed by atoms with Crippen LogP contribution >= 0.6 is 11.6 Å². The highest BCUT2D eigenvalue weighted by molar-refractivity contribution is 6.31. The summed E-state index contributed by atoms with van der Waals surface area (Å²) in [5, 5.41) is 12.2. The van der Waals surface area contributed by atoms with Crippen LogP contribution in [0.3, 0.4) is 0 Å². The van der Waals surface area contributed by atoms with Gasteiger partial charge in [-0.15, -0.1) is 0 Å². The quantitative estimate of drug-likeness (QED) is 0.743. The van der Waals surface area contributed by atoms with Gasteiger partial charge in [0, 0.05) is 16.6 Å². The van der Waals surface area contributed by atoms with Gasteiger partial charge in [0.1, 0.15) is 19.3 Å². The standard InChI is InChI=1S/C16H14ClFN2O5.C2H6/c17-10-2-1-9-3-4-20(16(25)11(9)5-10)8-14(22)19-12(6-15(23)24)13(21)7-18;1-2/h1-5,12H,6-8H2,(H,19,22)(H,23,24);1-2H3. The van der Waals surface area contributed by atoms with Gasteiger partial charge in [-0.2, -0.15) is 0 Å². The largest absolute Gasteiger partial charge is 0.481 e. The number of Topliss-reactive ketones (excluding diaryl/α,β-unsaturated/α-hetero) is 1. The van der Waals surface area contributed by atoms with Crippen LogP contribution in [0.5, 0.6) is 0 Å². The van der Waals surface area contributed by atoms with Crippen LogP contribution in [-0.2, 0) is 20.9 Å². The first-order valence-electron chi connectivity index (χ1n) is 8.20. The summed E-state index contributed by atoms with van der Waals surface area (Å²) in [6, 6.07) is 4.88. The summed E-state index contributed by atoms with van der Waals surface area (Å²) < 4.78 is 13.6. The molecule has 1 amide bonds. The van der Waals surface area contributed by atoms with Crippen LogP contribution in [0.25, 0.3) is 10.8 Å². The Hall–Kier alpha value is -2.74. The summed E-state index contributed by atoms with van der Waals surface area (Å²) in [6.07, 6.45) is 0.651. The molecule has 1 heterocycles. The van der Waals surface area contributed by atoms with E-state index in [2.05, 4.69) is 5.32 Å². The van der Waals surface area contributed by atoms with E-state index < -0.39 is 48.9 Å². The van der Waals surface area contributed by atoms with Gasteiger partial charge in [-0.25, -0.2) is 4.39 Å². The second-order valence-electron chi connectivity index (χ2n) is 5.30. The van der Waals surface area contributed by atoms with Crippen LogP contribution < -0.4 is 10.9 Å². The minimum atomic E-state index is -1.49. The summed E-state index contributed by atoms with van der Waals surface area (Å²) in [4.78, 5) is 46.5. The van der Waals surface area contributed by atoms with E-state index in [0.29, 0.717) is 15.8 Å². The smallest absolute Gasteiger partial charge is 0.305 e. The minimum absolute atomic E-state index is 0.310. The number of carbonyl (C=O) groups excluding carboxylic acids is 2. The summed E-state index contributed by atoms with van der Waals surface area (Å²) in [5.41, 5.74) is -0.471. The first-order chi connectivity index (χ1) is 12.8. The molecule has 1 unspecified atom stereocenters. The predicted octanol–water partition coefficient (Wildman–Crippen LogP) is 2.18. The van der Waals surface area contributed by atoms with E-state index in [1.807, 2.05) is 13.8 Å². The SMILES string of the molecule is CC.O=C(O)CC(NC(=O)Cn1ccc2ccc(Cl)cc2c1=O)C(=O)CF. The highest BCUT2D eigenvalue weighted by atomic mass is 35.5. The molecule has 9 heteroatoms. The van der Waals surface area contributed by atoms with Crippen molar-refractivity contribution in [2.75, 3.05) is 6.67 Å². The predicted molar refractivity (Wildman–Crippen MR) is 99.7 cm³/mol. The Balaban J connectivity index is 0.00000176. The molecular weight excluding hydrogens is 379 g/mol. The molecule has 0 radical (unpaired) electrons. The van der Waals surface area contributed by atoms with Crippen LogP contribution in [0.1, 0.15) is 20.3 Å². The van der Waals surface area contributed by atoms with Crippen molar-refractivity contribution in [2.45, 2.75) is 32.9 Å². The lowest BCUT2D eigenvalue weighted by Gasteiger charge is -2.15. The fraction of sp³-hybridized carbons (Fsp3) is 0.333. The number of alkyl halides is 1. The van der Waals surface area contributed by atoms with Gasteiger partial charge in [0.25, 0.3) is 5.56 Å². The van der Waals surface area contributed by atoms with Crippen molar-refractivity contribution in [2.24, 2.45) is 0 Å². The maximum absolute atomic E-state index is 12.5. The first-order valence-corrected chi connectivity index (χ1v) is 8.58. The molecule has 2 N–H and O–H groups in total. The van der Waals surface area contributed by atoms with Gasteiger partial charge in [0.15, 0.2) is 5.78 Å². The number of halogens is 2. The lowest BCUT2D eigenvalue weighted by atomic mass is 10.1. The van der Waals surface area contributed by atoms with E-state index >= 15 is 0 Å². The molecule has 2 aromatic rings. The van der Waals surface area contributed by atoms with Gasteiger partial charge in [0.2, 0.25) is 5.91 Å². The number of aromatic nitrogens is 1. The second kappa shape index (κ2) is 10.4. The molecule has 0 bridgehead atoms. The molecule has 0 aliphatic rings. The average Bonchev–Trinajstić information content (AvgIpc) is 2.64. The molecule has 1 aromatic heterocycles. The van der Waals surface area contributed by atoms with E-state index in [-0.39, 0.29) is 0 Å². The number of nitrogens with one attached hydrogen (secondary N) is 1. The van der Waals surface area contributed by atoms with Gasteiger partial charge in [0.05, 0.1) is 6.42 Å². The van der Waals surface area contributed by atoms with E-state index in [1.54, 1.807) is 18.2 Å². The Morgan fingerprint density at radius 2 is 1.93 bits per heavy atom. The molecule has 7 nitrogen and oxygen atoms in total. The molecule has 0 saturated carbocycles. The van der Waals surface area contributed by atoms with E-state index in [0.717, 1.165) is 4.57 Å². The molecule has 1 atom stereocenters. The van der Waals surface area contributed by atoms with Crippen LogP contribution in [-0.4, -0.2) is 40.0 Å². The Kier molecular flexibility index (Phi) is 8.61. The van der Waals surface area contributed by atoms with Crippen molar-refractivity contribution >= 4 is 40.0 Å². The Bertz CT molecular complexity index is 897. The molecule has 0 saturated heterocycles. The number of rotatable bonds is 7. The number of nitrogens with zero attached hydrogens (tertiary/aromatic N) is 1. The number of hydrogen-bond donors (Lipinski definition) is 2. The first kappa shape index (κ1) is 22.3. The number of pyridine rings is 1. The fourth-order valence-corrected chi connectivity index (χ4v) is 2.46. The zero-order chi connectivity index (χ0) is 20.6. The van der Waals surface area contributed by atoms with Crippen molar-refractivity contribution in [3.8, 4) is 0 Å². The number of carboxylic acids is 1. The number of aliphatic carboxylic acids is 1. The van der Waals surface area contributed by atoms with Crippen molar-refractivity contribution in [1.29, 1.82) is 0 Å². The van der Waals surface area contributed by atoms with Crippen molar-refractivity contribution < 1.29 is 23.9 Å². The monoisotopic (exact) mass is 398 g/mol. The Morgan fingerprint density at radius 1 is 1.26 bits per heavy atom. The van der Waals surface area contributed by atoms with Gasteiger partial charge in [-0.3, -0.25) is 19.2 Å². The summed E-state index contributed by atoms with van der Waals surface area (Å²) in [5.74, 6) is -3.19. The molecular formula is C18H20ClFN2O5. The maximum atomic E-state index is 12.5. The summed E-state index contributed by atoms with van der Waals surface area (Å²) in [7, 11) is 0. The molecule has 146 valence electrons. The van der Waals surface area contributed by atoms with Crippen LogP contribution in [0.2, 0.25) is 5.02 Å². The Labute approximate surface area is 159 Å². The number of amides is 1. The van der Waals surface area contributed by atoms with Crippen LogP contribution in [0.15, 0.2) is 35.3 Å². The minimum Gasteiger partial charge on any atom is -0.481 e. The highest BCUT2D eigenvalue weighted by Gasteiger charge is 2.23. The van der Waals surface area contributed by atoms with Gasteiger partial charge in [-0.05, 0) is 23.6 Å². The fourth-order valence-electron chi connectivity index (χ4n) is 2.28. The number of hydrogen-bond acceptors (Lipinski definition) is 4. The van der Waals surface area contributed by atoms with Crippen LogP contribution in [0, 0.1) is 0 Å². The molecule has 0 aliphatic heterocycles. The molecule has 0 aliphatic carbocycles. The lowest BCUT2D eigenvalue weighted by Crippen LogP contribution is -2.45. The number of benzene rings is 1. The zero-order valence-electron chi connectivity index (χ0n) is 14.9. The highest BCUT2D eigenvalue weighted by Crippen LogP contribution is 2.15. The van der Waals surface area contributed by atoms with Crippen molar-refractivity contribution in [1.82, 2.24) is 9.88 Å². The van der Waals surface area contributed by atoms with Gasteiger partial charge < -0.3 is 15.0 Å². The summed E-state index contributed by atoms with van der Waals surface area (Å²) >= 11 is 5.86. The Morgan fingerprint density at radius 3 is 2.52 bits per heavy atom. The van der Waals surface area contributed by atoms with Gasteiger partial charge in [-0.1, -0.05) is 31.5 Å². The molecule has 1 aromatic carbocycles. The van der Waals surface area contributed by atoms with Crippen LogP contribution in [0.4, 0.5) is 4.39 Å². The zero-order valence-corrected chi connectivity index (χ0v) is 15.6. The number of carboxylic acid groups (broad SMARTS) is 1. The van der Waals surface area contributed by atoms with E-state index in [9.17, 15) is 23.6 Å². The second-order valence-corrected chi connectivity index (χ2v) is 5.73. The molecule has 2 rings (SSSR count). The number of ketones is 1. The maximum Gasteiger partial charge on any atom is 0.305 e. The molecule has 0 spiro atoms. The average molecular weight is 399 g/mol. The van der Waals surface area contributed by atoms with E-state index in [1.165, 1.54) is 12.3 Å². The van der Waals surface area contributed by atoms with E-state index in [4.69, 9.17) is 16.7 Å². The number of carbonyl (C=O) groups is 3. The third-order valence-electron chi connectivity index (χ3n) is 3.49. The molecule has 0 fully saturated rings. The normalized spacial score (nSPS) is 11.3. The summed E-state index contributed by atoms with van der Waals surface area (Å²) in [6.45, 7) is 2.16. The van der Waals surface area contributed by atoms with Crippen molar-refractivity contribution in [3.05, 3.63) is 45.8 Å². The number of fused-ring (bicyclic) bond motifs is 1. The molecule has 27 heavy (non-hydrogen) atoms. The third-order valence-corrected chi connectivity index (χ3v) is 3.72. The van der Waals surface area contributed by atoms with Gasteiger partial charge >= 0.3 is 5.97 Å². The lowest BCUT2D eigenvalue weighted by molar-refractivity contribution is -0.140. The topological polar surface area (TPSA) is 105 Å². The third kappa shape index (κ3) is 6.18. The van der Waals surface area contributed by atoms with Crippen molar-refractivity contribution in [3.63, 3.8) is 0 Å².